The van der Waals surface area contributed by atoms with Gasteiger partial charge in [0.15, 0.2) is 5.43 Å². The number of hydrogen-bond acceptors (Lipinski definition) is 4. The topological polar surface area (TPSA) is 48.8 Å². The summed E-state index contributed by atoms with van der Waals surface area (Å²) in [6.45, 7) is 5.78. The van der Waals surface area contributed by atoms with Crippen molar-refractivity contribution >= 4 is 5.91 Å². The number of carbonyl (C=O) groups is 1. The van der Waals surface area contributed by atoms with E-state index in [1.165, 1.54) is 38.3 Å². The molecule has 3 aliphatic heterocycles. The van der Waals surface area contributed by atoms with E-state index in [-0.39, 0.29) is 11.3 Å². The zero-order valence-electron chi connectivity index (χ0n) is 17.7. The van der Waals surface area contributed by atoms with E-state index in [4.69, 9.17) is 0 Å². The Labute approximate surface area is 168 Å². The molecule has 4 heterocycles. The van der Waals surface area contributed by atoms with Crippen molar-refractivity contribution < 1.29 is 4.79 Å². The third-order valence-corrected chi connectivity index (χ3v) is 7.20. The largest absolute Gasteiger partial charge is 0.344 e. The highest BCUT2D eigenvalue weighted by molar-refractivity contribution is 5.92. The molecule has 2 bridgehead atoms. The van der Waals surface area contributed by atoms with Crippen molar-refractivity contribution in [2.24, 2.45) is 18.9 Å². The lowest BCUT2D eigenvalue weighted by Gasteiger charge is -2.57. The lowest BCUT2D eigenvalue weighted by Crippen LogP contribution is -2.66. The van der Waals surface area contributed by atoms with E-state index in [9.17, 15) is 9.59 Å². The van der Waals surface area contributed by atoms with Crippen LogP contribution >= 0.6 is 0 Å². The van der Waals surface area contributed by atoms with Gasteiger partial charge in [0.25, 0.3) is 5.91 Å². The van der Waals surface area contributed by atoms with E-state index < -0.39 is 0 Å². The Balaban J connectivity index is 1.62. The van der Waals surface area contributed by atoms with Gasteiger partial charge >= 0.3 is 0 Å². The van der Waals surface area contributed by atoms with Gasteiger partial charge in [-0.1, -0.05) is 6.42 Å². The molecule has 1 aromatic heterocycles. The number of nitrogens with zero attached hydrogens (tertiary/aromatic N) is 4. The van der Waals surface area contributed by atoms with E-state index in [0.717, 1.165) is 25.3 Å². The molecule has 4 atom stereocenters. The highest BCUT2D eigenvalue weighted by Crippen LogP contribution is 2.41. The minimum absolute atomic E-state index is 0.0193. The maximum absolute atomic E-state index is 13.4. The van der Waals surface area contributed by atoms with Gasteiger partial charge in [0.1, 0.15) is 5.69 Å². The Kier molecular flexibility index (Phi) is 5.36. The Morgan fingerprint density at radius 3 is 2.68 bits per heavy atom. The van der Waals surface area contributed by atoms with E-state index in [0.29, 0.717) is 29.6 Å². The van der Waals surface area contributed by atoms with Crippen LogP contribution in [0.2, 0.25) is 0 Å². The van der Waals surface area contributed by atoms with Crippen molar-refractivity contribution in [1.29, 1.82) is 0 Å². The van der Waals surface area contributed by atoms with Crippen LogP contribution in [0.3, 0.4) is 0 Å². The highest BCUT2D eigenvalue weighted by Gasteiger charge is 2.48. The van der Waals surface area contributed by atoms with Crippen LogP contribution in [-0.2, 0) is 7.05 Å². The van der Waals surface area contributed by atoms with Gasteiger partial charge in [-0.05, 0) is 58.7 Å². The van der Waals surface area contributed by atoms with Crippen LogP contribution in [0.4, 0.5) is 0 Å². The fourth-order valence-corrected chi connectivity index (χ4v) is 5.83. The summed E-state index contributed by atoms with van der Waals surface area (Å²) in [7, 11) is 6.18. The fraction of sp³-hybridized carbons (Fsp3) is 0.727. The maximum Gasteiger partial charge on any atom is 0.270 e. The van der Waals surface area contributed by atoms with Crippen molar-refractivity contribution in [3.05, 3.63) is 33.7 Å². The number of likely N-dealkylation sites (N-methyl/N-ethyl adjacent to an activating group) is 1. The number of rotatable bonds is 3. The first-order valence-electron chi connectivity index (χ1n) is 10.7. The van der Waals surface area contributed by atoms with Crippen molar-refractivity contribution in [3.8, 4) is 0 Å². The molecule has 3 fully saturated rings. The number of aromatic nitrogens is 1. The second-order valence-corrected chi connectivity index (χ2v) is 9.37. The average molecular weight is 387 g/mol. The maximum atomic E-state index is 13.4. The third-order valence-electron chi connectivity index (χ3n) is 7.20. The first-order chi connectivity index (χ1) is 13.3. The second-order valence-electron chi connectivity index (χ2n) is 9.37. The van der Waals surface area contributed by atoms with Crippen LogP contribution in [0.5, 0.6) is 0 Å². The number of piperidine rings is 3. The lowest BCUT2D eigenvalue weighted by atomic mass is 9.72. The summed E-state index contributed by atoms with van der Waals surface area (Å²) in [5, 5.41) is 0. The molecule has 3 saturated heterocycles. The molecule has 0 aromatic carbocycles. The van der Waals surface area contributed by atoms with Crippen molar-refractivity contribution in [1.82, 2.24) is 19.3 Å². The smallest absolute Gasteiger partial charge is 0.270 e. The lowest BCUT2D eigenvalue weighted by molar-refractivity contribution is -0.0704. The second kappa shape index (κ2) is 7.64. The van der Waals surface area contributed by atoms with Crippen LogP contribution in [0, 0.1) is 18.8 Å². The number of fused-ring (bicyclic) bond motifs is 4. The van der Waals surface area contributed by atoms with Crippen molar-refractivity contribution in [3.63, 3.8) is 0 Å². The molecule has 0 unspecified atom stereocenters. The summed E-state index contributed by atoms with van der Waals surface area (Å²) in [6, 6.07) is 4.22. The monoisotopic (exact) mass is 386 g/mol. The predicted octanol–water partition coefficient (Wildman–Crippen LogP) is 1.57. The van der Waals surface area contributed by atoms with Gasteiger partial charge in [-0.3, -0.25) is 14.5 Å². The van der Waals surface area contributed by atoms with Gasteiger partial charge < -0.3 is 14.4 Å². The SMILES string of the molecule is Cc1cc(=O)cc(C(=O)N2C[C@H]3C[C@@H](C2)[C@H](CN(C)C)N2CCCC[C@@H]32)n1C. The van der Waals surface area contributed by atoms with Crippen molar-refractivity contribution in [2.45, 2.75) is 44.7 Å². The zero-order chi connectivity index (χ0) is 20.0. The van der Waals surface area contributed by atoms with Crippen LogP contribution in [0.1, 0.15) is 41.9 Å². The van der Waals surface area contributed by atoms with E-state index in [1.54, 1.807) is 6.07 Å². The first-order valence-corrected chi connectivity index (χ1v) is 10.7. The summed E-state index contributed by atoms with van der Waals surface area (Å²) in [4.78, 5) is 32.5. The fourth-order valence-electron chi connectivity index (χ4n) is 5.83. The minimum atomic E-state index is -0.0832. The summed E-state index contributed by atoms with van der Waals surface area (Å²) >= 11 is 0. The standard InChI is InChI=1S/C22H34N4O2/c1-15-9-18(27)11-20(24(15)4)22(28)25-12-16-10-17(13-25)21(14-23(2)3)26-8-6-5-7-19(16)26/h9,11,16-17,19,21H,5-8,10,12-14H2,1-4H3/t16-,17+,19+,21+/m1/s1. The van der Waals surface area contributed by atoms with Gasteiger partial charge in [0, 0.05) is 56.6 Å². The van der Waals surface area contributed by atoms with Crippen LogP contribution in [0.25, 0.3) is 0 Å². The van der Waals surface area contributed by atoms with E-state index in [1.807, 2.05) is 23.4 Å². The molecule has 0 N–H and O–H groups in total. The molecule has 1 amide bonds. The molecule has 6 nitrogen and oxygen atoms in total. The molecule has 0 saturated carbocycles. The average Bonchev–Trinajstić information content (AvgIpc) is 2.67. The van der Waals surface area contributed by atoms with Crippen molar-refractivity contribution in [2.75, 3.05) is 40.3 Å². The van der Waals surface area contributed by atoms with Crippen LogP contribution in [0.15, 0.2) is 16.9 Å². The summed E-state index contributed by atoms with van der Waals surface area (Å²) < 4.78 is 1.86. The molecule has 0 aliphatic carbocycles. The number of carbonyl (C=O) groups excluding carboxylic acids is 1. The molecular weight excluding hydrogens is 352 g/mol. The molecule has 0 spiro atoms. The van der Waals surface area contributed by atoms with Gasteiger partial charge in [0.05, 0.1) is 0 Å². The molecule has 4 rings (SSSR count). The van der Waals surface area contributed by atoms with Gasteiger partial charge in [0.2, 0.25) is 0 Å². The Morgan fingerprint density at radius 2 is 1.93 bits per heavy atom. The minimum Gasteiger partial charge on any atom is -0.344 e. The highest BCUT2D eigenvalue weighted by atomic mass is 16.2. The molecule has 28 heavy (non-hydrogen) atoms. The van der Waals surface area contributed by atoms with Gasteiger partial charge in [-0.15, -0.1) is 0 Å². The number of hydrogen-bond donors (Lipinski definition) is 0. The number of aryl methyl sites for hydroxylation is 1. The zero-order valence-corrected chi connectivity index (χ0v) is 17.7. The number of pyridine rings is 1. The number of amides is 1. The number of likely N-dealkylation sites (tertiary alicyclic amines) is 1. The molecule has 3 aliphatic rings. The van der Waals surface area contributed by atoms with E-state index >= 15 is 0 Å². The third kappa shape index (κ3) is 3.52. The quantitative estimate of drug-likeness (QED) is 0.791. The summed E-state index contributed by atoms with van der Waals surface area (Å²) in [5.41, 5.74) is 1.27. The Bertz CT molecular complexity index is 802. The van der Waals surface area contributed by atoms with E-state index in [2.05, 4.69) is 23.9 Å². The Morgan fingerprint density at radius 1 is 1.18 bits per heavy atom. The normalized spacial score (nSPS) is 30.4. The summed E-state index contributed by atoms with van der Waals surface area (Å²) in [6.07, 6.45) is 5.09. The Hall–Kier alpha value is -1.66. The van der Waals surface area contributed by atoms with Gasteiger partial charge in [-0.25, -0.2) is 0 Å². The first kappa shape index (κ1) is 19.6. The molecular formula is C22H34N4O2. The molecule has 154 valence electrons. The predicted molar refractivity (Wildman–Crippen MR) is 111 cm³/mol. The van der Waals surface area contributed by atoms with Gasteiger partial charge in [-0.2, -0.15) is 0 Å². The molecule has 6 heteroatoms. The summed E-state index contributed by atoms with van der Waals surface area (Å²) in [5.74, 6) is 1.09. The van der Waals surface area contributed by atoms with Crippen LogP contribution in [-0.4, -0.2) is 77.5 Å². The van der Waals surface area contributed by atoms with Crippen LogP contribution < -0.4 is 5.43 Å². The molecule has 0 radical (unpaired) electrons. The molecule has 1 aromatic rings.